The van der Waals surface area contributed by atoms with Crippen molar-refractivity contribution in [1.29, 1.82) is 0 Å². The maximum absolute atomic E-state index is 4.90. The van der Waals surface area contributed by atoms with E-state index in [1.165, 1.54) is 0 Å². The number of hydrogen-bond donors (Lipinski definition) is 0. The fraction of sp³-hybridized carbons (Fsp3) is 0. The Kier molecular flexibility index (Phi) is 20.4. The molecule has 0 radical (unpaired) electrons. The van der Waals surface area contributed by atoms with Crippen molar-refractivity contribution in [3.05, 3.63) is 0 Å². The van der Waals surface area contributed by atoms with Crippen molar-refractivity contribution < 1.29 is 5.48 Å². The zero-order chi connectivity index (χ0) is 2.71. The Labute approximate surface area is 36.4 Å². The fourth-order valence-electron chi connectivity index (χ4n) is 0. The van der Waals surface area contributed by atoms with Crippen LogP contribution >= 0.6 is 22.2 Å². The molecular formula is H4Cl2OSi. The predicted molar refractivity (Wildman–Crippen MR) is 23.9 cm³/mol. The average Bonchev–Trinajstić information content (AvgIpc) is 0.918. The first kappa shape index (κ1) is 8.83. The van der Waals surface area contributed by atoms with E-state index in [-0.39, 0.29) is 5.48 Å². The van der Waals surface area contributed by atoms with Crippen molar-refractivity contribution in [2.45, 2.75) is 0 Å². The smallest absolute Gasteiger partial charge is 0.222 e. The van der Waals surface area contributed by atoms with E-state index in [1.54, 1.807) is 0 Å². The Morgan fingerprint density at radius 3 is 1.25 bits per heavy atom. The van der Waals surface area contributed by atoms with E-state index in [0.29, 0.717) is 0 Å². The number of rotatable bonds is 0. The minimum atomic E-state index is -0.639. The molecule has 4 heavy (non-hydrogen) atoms. The van der Waals surface area contributed by atoms with Gasteiger partial charge in [-0.25, -0.2) is 0 Å². The van der Waals surface area contributed by atoms with Crippen LogP contribution in [-0.2, 0) is 0 Å². The highest BCUT2D eigenvalue weighted by Crippen LogP contribution is 1.67. The lowest BCUT2D eigenvalue weighted by Crippen LogP contribution is -1.36. The van der Waals surface area contributed by atoms with Gasteiger partial charge in [-0.1, -0.05) is 0 Å². The van der Waals surface area contributed by atoms with Gasteiger partial charge in [-0.3, -0.25) is 0 Å². The van der Waals surface area contributed by atoms with Gasteiger partial charge < -0.3 is 5.48 Å². The highest BCUT2D eigenvalue weighted by Gasteiger charge is 1.46. The summed E-state index contributed by atoms with van der Waals surface area (Å²) in [4.78, 5) is 0. The monoisotopic (exact) mass is 118 g/mol. The standard InChI is InChI=1S/Cl2H2Si.H2O/c1-3-2;/h3H2;1H2. The molecule has 0 aliphatic heterocycles. The van der Waals surface area contributed by atoms with Crippen molar-refractivity contribution in [2.24, 2.45) is 0 Å². The molecule has 0 aromatic rings. The summed E-state index contributed by atoms with van der Waals surface area (Å²) in [6.45, 7) is 0. The molecule has 0 aromatic heterocycles. The SMILES string of the molecule is Cl[SiH2]Cl.O. The van der Waals surface area contributed by atoms with Crippen LogP contribution in [-0.4, -0.2) is 13.6 Å². The van der Waals surface area contributed by atoms with Crippen molar-refractivity contribution in [2.75, 3.05) is 0 Å². The summed E-state index contributed by atoms with van der Waals surface area (Å²) in [5.41, 5.74) is 0. The van der Waals surface area contributed by atoms with Gasteiger partial charge in [0.2, 0.25) is 8.14 Å². The second-order valence-corrected chi connectivity index (χ2v) is 2.73. The summed E-state index contributed by atoms with van der Waals surface area (Å²) in [5, 5.41) is 0. The molecule has 28 valence electrons. The van der Waals surface area contributed by atoms with E-state index in [0.717, 1.165) is 0 Å². The van der Waals surface area contributed by atoms with Gasteiger partial charge in [0.15, 0.2) is 0 Å². The molecular weight excluding hydrogens is 115 g/mol. The molecule has 0 aliphatic carbocycles. The first-order valence-corrected chi connectivity index (χ1v) is 4.81. The third-order valence-corrected chi connectivity index (χ3v) is 0. The lowest BCUT2D eigenvalue weighted by Gasteiger charge is -1.39. The molecule has 0 bridgehead atoms. The third kappa shape index (κ3) is 14.9. The Balaban J connectivity index is 0. The topological polar surface area (TPSA) is 31.5 Å². The number of hydrogen-bond acceptors (Lipinski definition) is 0. The number of halogens is 2. The van der Waals surface area contributed by atoms with E-state index < -0.39 is 8.14 Å². The maximum Gasteiger partial charge on any atom is 0.222 e. The molecule has 0 aliphatic rings. The van der Waals surface area contributed by atoms with Crippen LogP contribution < -0.4 is 0 Å². The van der Waals surface area contributed by atoms with Gasteiger partial charge in [0.1, 0.15) is 0 Å². The zero-order valence-corrected chi connectivity index (χ0v) is 4.89. The molecule has 0 heterocycles. The minimum Gasteiger partial charge on any atom is -0.412 e. The quantitative estimate of drug-likeness (QED) is 0.308. The Hall–Kier alpha value is 0.757. The molecule has 4 heteroatoms. The lowest BCUT2D eigenvalue weighted by molar-refractivity contribution is 0.824. The Bertz CT molecular complexity index is 6.00. The summed E-state index contributed by atoms with van der Waals surface area (Å²) in [6.07, 6.45) is 0. The molecule has 0 aromatic carbocycles. The average molecular weight is 119 g/mol. The van der Waals surface area contributed by atoms with Gasteiger partial charge in [-0.05, 0) is 0 Å². The first-order chi connectivity index (χ1) is 1.41. The van der Waals surface area contributed by atoms with E-state index in [4.69, 9.17) is 22.2 Å². The summed E-state index contributed by atoms with van der Waals surface area (Å²) >= 11 is 9.81. The molecule has 0 atom stereocenters. The predicted octanol–water partition coefficient (Wildman–Crippen LogP) is -0.362. The van der Waals surface area contributed by atoms with Gasteiger partial charge in [-0.15, -0.1) is 0 Å². The molecule has 0 saturated carbocycles. The van der Waals surface area contributed by atoms with Crippen molar-refractivity contribution in [3.8, 4) is 0 Å². The largest absolute Gasteiger partial charge is 0.412 e. The molecule has 0 rings (SSSR count). The van der Waals surface area contributed by atoms with Crippen molar-refractivity contribution in [3.63, 3.8) is 0 Å². The van der Waals surface area contributed by atoms with E-state index in [9.17, 15) is 0 Å². The van der Waals surface area contributed by atoms with Crippen LogP contribution in [0.2, 0.25) is 0 Å². The summed E-state index contributed by atoms with van der Waals surface area (Å²) in [5.74, 6) is 0. The van der Waals surface area contributed by atoms with Gasteiger partial charge >= 0.3 is 0 Å². The van der Waals surface area contributed by atoms with E-state index in [2.05, 4.69) is 0 Å². The molecule has 0 unspecified atom stereocenters. The van der Waals surface area contributed by atoms with Gasteiger partial charge in [0.05, 0.1) is 0 Å². The van der Waals surface area contributed by atoms with Crippen molar-refractivity contribution >= 4 is 30.3 Å². The Morgan fingerprint density at radius 1 is 1.25 bits per heavy atom. The lowest BCUT2D eigenvalue weighted by atomic mass is 16.0. The summed E-state index contributed by atoms with van der Waals surface area (Å²) in [6, 6.07) is 0. The third-order valence-electron chi connectivity index (χ3n) is 0. The van der Waals surface area contributed by atoms with Gasteiger partial charge in [0.25, 0.3) is 0 Å². The molecule has 0 saturated heterocycles. The molecule has 1 nitrogen and oxygen atoms in total. The summed E-state index contributed by atoms with van der Waals surface area (Å²) < 4.78 is 0. The molecule has 0 spiro atoms. The highest BCUT2D eigenvalue weighted by molar-refractivity contribution is 7.22. The van der Waals surface area contributed by atoms with E-state index >= 15 is 0 Å². The molecule has 0 amide bonds. The zero-order valence-electron chi connectivity index (χ0n) is 1.96. The van der Waals surface area contributed by atoms with Crippen LogP contribution in [0.25, 0.3) is 0 Å². The van der Waals surface area contributed by atoms with Gasteiger partial charge in [0, 0.05) is 0 Å². The normalized spacial score (nSPS) is 4.50. The summed E-state index contributed by atoms with van der Waals surface area (Å²) in [7, 11) is -0.639. The minimum absolute atomic E-state index is 0. The van der Waals surface area contributed by atoms with E-state index in [1.807, 2.05) is 0 Å². The molecule has 2 N–H and O–H groups in total. The van der Waals surface area contributed by atoms with Crippen LogP contribution in [0.1, 0.15) is 0 Å². The second kappa shape index (κ2) is 9.25. The molecule has 0 fully saturated rings. The maximum atomic E-state index is 4.90. The first-order valence-electron chi connectivity index (χ1n) is 0.535. The van der Waals surface area contributed by atoms with Crippen molar-refractivity contribution in [1.82, 2.24) is 0 Å². The van der Waals surface area contributed by atoms with Crippen LogP contribution in [0.5, 0.6) is 0 Å². The van der Waals surface area contributed by atoms with Crippen LogP contribution in [0, 0.1) is 0 Å². The van der Waals surface area contributed by atoms with Crippen LogP contribution in [0.4, 0.5) is 0 Å². The van der Waals surface area contributed by atoms with Crippen LogP contribution in [0.3, 0.4) is 0 Å². The Morgan fingerprint density at radius 2 is 1.25 bits per heavy atom. The second-order valence-electron chi connectivity index (χ2n) is 0.101. The van der Waals surface area contributed by atoms with Gasteiger partial charge in [-0.2, -0.15) is 22.2 Å². The highest BCUT2D eigenvalue weighted by atomic mass is 35.7. The van der Waals surface area contributed by atoms with Crippen LogP contribution in [0.15, 0.2) is 0 Å². The fourth-order valence-corrected chi connectivity index (χ4v) is 0.